The van der Waals surface area contributed by atoms with Crippen LogP contribution in [0.5, 0.6) is 0 Å². The highest BCUT2D eigenvalue weighted by molar-refractivity contribution is 5.75. The van der Waals surface area contributed by atoms with Gasteiger partial charge in [-0.2, -0.15) is 0 Å². The molecular weight excluding hydrogens is 390 g/mol. The van der Waals surface area contributed by atoms with Gasteiger partial charge in [0.1, 0.15) is 0 Å². The SMILES string of the molecule is COC(=O)CNCc1cccc(-c2nnc(-c3cccc(-c4ccccc4)c3C)o2)c1. The van der Waals surface area contributed by atoms with E-state index in [4.69, 9.17) is 4.42 Å². The molecule has 0 spiro atoms. The highest BCUT2D eigenvalue weighted by atomic mass is 16.5. The van der Waals surface area contributed by atoms with Crippen LogP contribution in [0.2, 0.25) is 0 Å². The van der Waals surface area contributed by atoms with Crippen molar-refractivity contribution < 1.29 is 13.9 Å². The Morgan fingerprint density at radius 2 is 1.61 bits per heavy atom. The Balaban J connectivity index is 1.57. The maximum Gasteiger partial charge on any atom is 0.319 e. The molecule has 0 atom stereocenters. The number of aromatic nitrogens is 2. The molecule has 0 unspecified atom stereocenters. The third-order valence-corrected chi connectivity index (χ3v) is 5.07. The maximum atomic E-state index is 11.3. The minimum Gasteiger partial charge on any atom is -0.468 e. The highest BCUT2D eigenvalue weighted by Gasteiger charge is 2.15. The number of nitrogens with one attached hydrogen (secondary N) is 1. The third kappa shape index (κ3) is 4.70. The number of carbonyl (C=O) groups is 1. The van der Waals surface area contributed by atoms with E-state index in [0.717, 1.165) is 33.4 Å². The number of benzene rings is 3. The Hall–Kier alpha value is -3.77. The molecule has 3 aromatic carbocycles. The van der Waals surface area contributed by atoms with E-state index < -0.39 is 0 Å². The number of methoxy groups -OCH3 is 1. The molecule has 0 aliphatic rings. The lowest BCUT2D eigenvalue weighted by molar-refractivity contribution is -0.139. The number of rotatable bonds is 7. The summed E-state index contributed by atoms with van der Waals surface area (Å²) in [6.07, 6.45) is 0. The number of carbonyl (C=O) groups excluding carboxylic acids is 1. The fraction of sp³-hybridized carbons (Fsp3) is 0.160. The van der Waals surface area contributed by atoms with Gasteiger partial charge in [0.05, 0.1) is 13.7 Å². The molecule has 0 radical (unpaired) electrons. The first kappa shape index (κ1) is 20.5. The quantitative estimate of drug-likeness (QED) is 0.445. The average molecular weight is 413 g/mol. The van der Waals surface area contributed by atoms with E-state index in [0.29, 0.717) is 18.3 Å². The average Bonchev–Trinajstić information content (AvgIpc) is 3.30. The van der Waals surface area contributed by atoms with Gasteiger partial charge in [-0.1, -0.05) is 54.6 Å². The molecular formula is C25H23N3O3. The van der Waals surface area contributed by atoms with Crippen molar-refractivity contribution in [3.63, 3.8) is 0 Å². The molecule has 1 N–H and O–H groups in total. The second kappa shape index (κ2) is 9.36. The lowest BCUT2D eigenvalue weighted by Crippen LogP contribution is -2.23. The molecule has 0 aliphatic carbocycles. The summed E-state index contributed by atoms with van der Waals surface area (Å²) in [6.45, 7) is 2.75. The van der Waals surface area contributed by atoms with E-state index in [1.165, 1.54) is 7.11 Å². The molecule has 0 amide bonds. The summed E-state index contributed by atoms with van der Waals surface area (Å²) >= 11 is 0. The molecule has 0 saturated carbocycles. The fourth-order valence-electron chi connectivity index (χ4n) is 3.44. The van der Waals surface area contributed by atoms with Crippen LogP contribution in [-0.2, 0) is 16.1 Å². The number of hydrogen-bond donors (Lipinski definition) is 1. The Morgan fingerprint density at radius 3 is 2.42 bits per heavy atom. The standard InChI is InChI=1S/C25H23N3O3/c1-17-21(19-9-4-3-5-10-19)12-7-13-22(17)25-28-27-24(31-25)20-11-6-8-18(14-20)15-26-16-23(29)30-2/h3-14,26H,15-16H2,1-2H3. The Bertz CT molecular complexity index is 1190. The molecule has 156 valence electrons. The summed E-state index contributed by atoms with van der Waals surface area (Å²) in [5.41, 5.74) is 6.11. The van der Waals surface area contributed by atoms with Gasteiger partial charge in [0, 0.05) is 17.7 Å². The van der Waals surface area contributed by atoms with Crippen molar-refractivity contribution in [2.45, 2.75) is 13.5 Å². The number of nitrogens with zero attached hydrogens (tertiary/aromatic N) is 2. The molecule has 0 aliphatic heterocycles. The first-order valence-corrected chi connectivity index (χ1v) is 10.0. The van der Waals surface area contributed by atoms with Crippen molar-refractivity contribution in [2.24, 2.45) is 0 Å². The van der Waals surface area contributed by atoms with Gasteiger partial charge in [-0.15, -0.1) is 10.2 Å². The topological polar surface area (TPSA) is 77.2 Å². The smallest absolute Gasteiger partial charge is 0.319 e. The van der Waals surface area contributed by atoms with E-state index in [-0.39, 0.29) is 12.5 Å². The summed E-state index contributed by atoms with van der Waals surface area (Å²) in [7, 11) is 1.37. The number of ether oxygens (including phenoxy) is 1. The van der Waals surface area contributed by atoms with Crippen LogP contribution in [0.3, 0.4) is 0 Å². The van der Waals surface area contributed by atoms with Crippen LogP contribution < -0.4 is 5.32 Å². The van der Waals surface area contributed by atoms with Crippen LogP contribution >= 0.6 is 0 Å². The summed E-state index contributed by atoms with van der Waals surface area (Å²) < 4.78 is 10.7. The molecule has 0 saturated heterocycles. The molecule has 4 rings (SSSR count). The van der Waals surface area contributed by atoms with Crippen LogP contribution in [0.4, 0.5) is 0 Å². The van der Waals surface area contributed by atoms with Gasteiger partial charge in [-0.25, -0.2) is 0 Å². The molecule has 4 aromatic rings. The monoisotopic (exact) mass is 413 g/mol. The molecule has 0 bridgehead atoms. The minimum absolute atomic E-state index is 0.155. The van der Waals surface area contributed by atoms with E-state index in [9.17, 15) is 4.79 Å². The largest absolute Gasteiger partial charge is 0.468 e. The fourth-order valence-corrected chi connectivity index (χ4v) is 3.44. The Labute approximate surface area is 180 Å². The van der Waals surface area contributed by atoms with E-state index in [1.54, 1.807) is 0 Å². The van der Waals surface area contributed by atoms with Gasteiger partial charge in [0.25, 0.3) is 0 Å². The maximum absolute atomic E-state index is 11.3. The highest BCUT2D eigenvalue weighted by Crippen LogP contribution is 2.32. The van der Waals surface area contributed by atoms with Crippen molar-refractivity contribution in [2.75, 3.05) is 13.7 Å². The first-order valence-electron chi connectivity index (χ1n) is 10.0. The lowest BCUT2D eigenvalue weighted by Gasteiger charge is -2.09. The van der Waals surface area contributed by atoms with Crippen molar-refractivity contribution >= 4 is 5.97 Å². The number of esters is 1. The molecule has 1 aromatic heterocycles. The number of hydrogen-bond acceptors (Lipinski definition) is 6. The van der Waals surface area contributed by atoms with Crippen LogP contribution in [0.15, 0.2) is 77.2 Å². The van der Waals surface area contributed by atoms with Crippen LogP contribution in [0.25, 0.3) is 34.0 Å². The first-order chi connectivity index (χ1) is 15.2. The Kier molecular flexibility index (Phi) is 6.19. The summed E-state index contributed by atoms with van der Waals surface area (Å²) in [5.74, 6) is 0.639. The van der Waals surface area contributed by atoms with E-state index in [1.807, 2.05) is 54.6 Å². The third-order valence-electron chi connectivity index (χ3n) is 5.07. The normalized spacial score (nSPS) is 10.8. The minimum atomic E-state index is -0.300. The second-order valence-corrected chi connectivity index (χ2v) is 7.14. The molecule has 6 heteroatoms. The van der Waals surface area contributed by atoms with Gasteiger partial charge in [-0.05, 0) is 47.4 Å². The molecule has 6 nitrogen and oxygen atoms in total. The van der Waals surface area contributed by atoms with Crippen molar-refractivity contribution in [3.05, 3.63) is 83.9 Å². The zero-order valence-corrected chi connectivity index (χ0v) is 17.5. The van der Waals surface area contributed by atoms with Gasteiger partial charge >= 0.3 is 5.97 Å². The summed E-state index contributed by atoms with van der Waals surface area (Å²) in [5, 5.41) is 11.6. The van der Waals surface area contributed by atoms with Crippen molar-refractivity contribution in [1.82, 2.24) is 15.5 Å². The summed E-state index contributed by atoms with van der Waals surface area (Å²) in [6, 6.07) is 24.1. The van der Waals surface area contributed by atoms with Gasteiger partial charge < -0.3 is 14.5 Å². The molecule has 1 heterocycles. The zero-order valence-electron chi connectivity index (χ0n) is 17.5. The Morgan fingerprint density at radius 1 is 0.903 bits per heavy atom. The van der Waals surface area contributed by atoms with Gasteiger partial charge in [-0.3, -0.25) is 4.79 Å². The van der Waals surface area contributed by atoms with E-state index in [2.05, 4.69) is 45.4 Å². The lowest BCUT2D eigenvalue weighted by atomic mass is 9.96. The predicted molar refractivity (Wildman–Crippen MR) is 119 cm³/mol. The van der Waals surface area contributed by atoms with Crippen LogP contribution in [0, 0.1) is 6.92 Å². The summed E-state index contributed by atoms with van der Waals surface area (Å²) in [4.78, 5) is 11.3. The van der Waals surface area contributed by atoms with Crippen LogP contribution in [-0.4, -0.2) is 29.8 Å². The molecule has 31 heavy (non-hydrogen) atoms. The predicted octanol–water partition coefficient (Wildman–Crippen LogP) is 4.64. The second-order valence-electron chi connectivity index (χ2n) is 7.14. The van der Waals surface area contributed by atoms with Crippen molar-refractivity contribution in [1.29, 1.82) is 0 Å². The van der Waals surface area contributed by atoms with Gasteiger partial charge in [0.15, 0.2) is 0 Å². The molecule has 0 fully saturated rings. The van der Waals surface area contributed by atoms with Crippen LogP contribution in [0.1, 0.15) is 11.1 Å². The van der Waals surface area contributed by atoms with Gasteiger partial charge in [0.2, 0.25) is 11.8 Å². The zero-order chi connectivity index (χ0) is 21.6. The van der Waals surface area contributed by atoms with E-state index >= 15 is 0 Å². The van der Waals surface area contributed by atoms with Crippen molar-refractivity contribution in [3.8, 4) is 34.0 Å².